The average Bonchev–Trinajstić information content (AvgIpc) is 3.32. The molecular weight excluding hydrogens is 468 g/mol. The number of hydrogen-bond donors (Lipinski definition) is 2. The van der Waals surface area contributed by atoms with E-state index in [9.17, 15) is 13.2 Å². The minimum absolute atomic E-state index is 0.0675. The van der Waals surface area contributed by atoms with Crippen LogP contribution in [0.1, 0.15) is 10.4 Å². The Kier molecular flexibility index (Phi) is 6.18. The average molecular weight is 497 g/mol. The van der Waals surface area contributed by atoms with Crippen LogP contribution < -0.4 is 10.4 Å². The zero-order valence-electron chi connectivity index (χ0n) is 19.6. The summed E-state index contributed by atoms with van der Waals surface area (Å²) in [6.45, 7) is 2.34. The normalized spacial score (nSPS) is 21.5. The third-order valence-electron chi connectivity index (χ3n) is 6.86. The number of amides is 1. The number of nitrogens with zero attached hydrogens (tertiary/aromatic N) is 5. The van der Waals surface area contributed by atoms with Gasteiger partial charge in [0.05, 0.1) is 10.5 Å². The molecule has 3 aromatic rings. The molecule has 2 atom stereocenters. The van der Waals surface area contributed by atoms with E-state index in [1.807, 2.05) is 54.2 Å². The van der Waals surface area contributed by atoms with Crippen LogP contribution in [0.5, 0.6) is 0 Å². The number of piperidine rings is 1. The van der Waals surface area contributed by atoms with Gasteiger partial charge in [-0.25, -0.2) is 23.9 Å². The molecule has 2 fully saturated rings. The second-order valence-corrected chi connectivity index (χ2v) is 11.3. The number of benzene rings is 2. The van der Waals surface area contributed by atoms with Gasteiger partial charge in [0.15, 0.2) is 0 Å². The van der Waals surface area contributed by atoms with Gasteiger partial charge in [0.25, 0.3) is 5.91 Å². The van der Waals surface area contributed by atoms with Crippen molar-refractivity contribution < 1.29 is 18.4 Å². The molecule has 1 aliphatic heterocycles. The molecule has 1 amide bonds. The van der Waals surface area contributed by atoms with E-state index in [0.717, 1.165) is 10.8 Å². The van der Waals surface area contributed by atoms with Crippen molar-refractivity contribution in [2.24, 2.45) is 11.8 Å². The molecule has 11 heteroatoms. The lowest BCUT2D eigenvalue weighted by atomic mass is 10.1. The van der Waals surface area contributed by atoms with Crippen LogP contribution in [0.15, 0.2) is 59.8 Å². The SMILES string of the molecule is CN(C)CCN(C1C2CN(c3ncc(C(=O)NO)cn3)CC21)S(=O)(=O)c1ccc2ccccc2c1. The maximum absolute atomic E-state index is 13.8. The summed E-state index contributed by atoms with van der Waals surface area (Å²) in [7, 11) is 0.199. The van der Waals surface area contributed by atoms with E-state index in [4.69, 9.17) is 5.21 Å². The first-order valence-corrected chi connectivity index (χ1v) is 12.9. The molecule has 2 aliphatic rings. The molecule has 0 bridgehead atoms. The smallest absolute Gasteiger partial charge is 0.277 e. The van der Waals surface area contributed by atoms with E-state index in [2.05, 4.69) is 9.97 Å². The molecule has 10 nitrogen and oxygen atoms in total. The summed E-state index contributed by atoms with van der Waals surface area (Å²) in [5, 5.41) is 10.7. The van der Waals surface area contributed by atoms with Gasteiger partial charge in [-0.1, -0.05) is 30.3 Å². The van der Waals surface area contributed by atoms with Crippen molar-refractivity contribution in [3.8, 4) is 0 Å². The quantitative estimate of drug-likeness (QED) is 0.355. The van der Waals surface area contributed by atoms with Crippen molar-refractivity contribution in [1.29, 1.82) is 0 Å². The highest BCUT2D eigenvalue weighted by atomic mass is 32.2. The summed E-state index contributed by atoms with van der Waals surface area (Å²) in [6, 6.07) is 13.0. The number of aromatic nitrogens is 2. The molecular formula is C24H28N6O4S. The van der Waals surface area contributed by atoms with Crippen molar-refractivity contribution in [3.63, 3.8) is 0 Å². The van der Waals surface area contributed by atoms with E-state index in [1.165, 1.54) is 12.4 Å². The van der Waals surface area contributed by atoms with Crippen LogP contribution in [0.2, 0.25) is 0 Å². The van der Waals surface area contributed by atoms with E-state index < -0.39 is 15.9 Å². The van der Waals surface area contributed by atoms with Crippen molar-refractivity contribution >= 4 is 32.7 Å². The predicted octanol–water partition coefficient (Wildman–Crippen LogP) is 1.44. The van der Waals surface area contributed by atoms with E-state index in [-0.39, 0.29) is 23.4 Å². The maximum atomic E-state index is 13.8. The summed E-state index contributed by atoms with van der Waals surface area (Å²) in [5.41, 5.74) is 1.72. The minimum atomic E-state index is -3.68. The van der Waals surface area contributed by atoms with Gasteiger partial charge in [0, 0.05) is 44.6 Å². The first-order valence-electron chi connectivity index (χ1n) is 11.5. The summed E-state index contributed by atoms with van der Waals surface area (Å²) in [6.07, 6.45) is 2.73. The number of anilines is 1. The molecule has 0 radical (unpaired) electrons. The van der Waals surface area contributed by atoms with Gasteiger partial charge < -0.3 is 9.80 Å². The first-order chi connectivity index (χ1) is 16.8. The number of rotatable bonds is 8. The molecule has 35 heavy (non-hydrogen) atoms. The Bertz CT molecular complexity index is 1340. The number of hydroxylamine groups is 1. The zero-order chi connectivity index (χ0) is 24.7. The van der Waals surface area contributed by atoms with Gasteiger partial charge in [0.1, 0.15) is 0 Å². The molecule has 5 rings (SSSR count). The fourth-order valence-corrected chi connectivity index (χ4v) is 6.68. The Balaban J connectivity index is 1.35. The minimum Gasteiger partial charge on any atom is -0.340 e. The molecule has 2 N–H and O–H groups in total. The molecule has 1 saturated carbocycles. The van der Waals surface area contributed by atoms with Crippen molar-refractivity contribution in [2.45, 2.75) is 10.9 Å². The van der Waals surface area contributed by atoms with E-state index >= 15 is 0 Å². The van der Waals surface area contributed by atoms with Crippen molar-refractivity contribution in [2.75, 3.05) is 45.2 Å². The number of carbonyl (C=O) groups excluding carboxylic acids is 1. The number of hydrogen-bond acceptors (Lipinski definition) is 8. The maximum Gasteiger partial charge on any atom is 0.277 e. The summed E-state index contributed by atoms with van der Waals surface area (Å²) in [4.78, 5) is 24.3. The number of fused-ring (bicyclic) bond motifs is 2. The second-order valence-electron chi connectivity index (χ2n) is 9.36. The molecule has 2 heterocycles. The van der Waals surface area contributed by atoms with Crippen LogP contribution in [0.25, 0.3) is 10.8 Å². The molecule has 0 spiro atoms. The van der Waals surface area contributed by atoms with Gasteiger partial charge in [-0.05, 0) is 48.8 Å². The Morgan fingerprint density at radius 1 is 1.06 bits per heavy atom. The highest BCUT2D eigenvalue weighted by Gasteiger charge is 2.61. The van der Waals surface area contributed by atoms with Crippen LogP contribution in [-0.2, 0) is 10.0 Å². The monoisotopic (exact) mass is 496 g/mol. The second kappa shape index (κ2) is 9.15. The van der Waals surface area contributed by atoms with Gasteiger partial charge >= 0.3 is 0 Å². The first kappa shape index (κ1) is 23.6. The summed E-state index contributed by atoms with van der Waals surface area (Å²) >= 11 is 0. The fourth-order valence-electron chi connectivity index (χ4n) is 4.94. The van der Waals surface area contributed by atoms with Crippen LogP contribution in [-0.4, -0.2) is 85.0 Å². The Hall–Kier alpha value is -3.12. The number of likely N-dealkylation sites (N-methyl/N-ethyl adjacent to an activating group) is 1. The predicted molar refractivity (Wildman–Crippen MR) is 131 cm³/mol. The molecule has 1 aromatic heterocycles. The van der Waals surface area contributed by atoms with Gasteiger partial charge in [-0.3, -0.25) is 10.0 Å². The largest absolute Gasteiger partial charge is 0.340 e. The zero-order valence-corrected chi connectivity index (χ0v) is 20.4. The highest BCUT2D eigenvalue weighted by Crippen LogP contribution is 2.51. The van der Waals surface area contributed by atoms with Crippen LogP contribution in [0.3, 0.4) is 0 Å². The summed E-state index contributed by atoms with van der Waals surface area (Å²) < 4.78 is 29.3. The Morgan fingerprint density at radius 3 is 2.34 bits per heavy atom. The highest BCUT2D eigenvalue weighted by molar-refractivity contribution is 7.89. The Labute approximate surface area is 204 Å². The van der Waals surface area contributed by atoms with E-state index in [0.29, 0.717) is 37.0 Å². The third kappa shape index (κ3) is 4.47. The molecule has 2 unspecified atom stereocenters. The number of carbonyl (C=O) groups is 1. The van der Waals surface area contributed by atoms with E-state index in [1.54, 1.807) is 21.9 Å². The van der Waals surface area contributed by atoms with Gasteiger partial charge in [0.2, 0.25) is 16.0 Å². The standard InChI is InChI=1S/C24H28N6O4S/c1-28(2)9-10-30(35(33,34)19-8-7-16-5-3-4-6-17(16)11-19)22-20-14-29(15-21(20)22)24-25-12-18(13-26-24)23(31)27-32/h3-8,11-13,20-22,32H,9-10,14-15H2,1-2H3,(H,27,31). The van der Waals surface area contributed by atoms with Crippen molar-refractivity contribution in [3.05, 3.63) is 60.4 Å². The third-order valence-corrected chi connectivity index (χ3v) is 8.75. The Morgan fingerprint density at radius 2 is 1.71 bits per heavy atom. The lowest BCUT2D eigenvalue weighted by Crippen LogP contribution is -2.42. The van der Waals surface area contributed by atoms with Crippen LogP contribution >= 0.6 is 0 Å². The number of sulfonamides is 1. The molecule has 184 valence electrons. The van der Waals surface area contributed by atoms with Gasteiger partial charge in [-0.15, -0.1) is 0 Å². The molecule has 2 aromatic carbocycles. The molecule has 1 aliphatic carbocycles. The lowest BCUT2D eigenvalue weighted by Gasteiger charge is -2.28. The fraction of sp³-hybridized carbons (Fsp3) is 0.375. The summed E-state index contributed by atoms with van der Waals surface area (Å²) in [5.74, 6) is 0.201. The van der Waals surface area contributed by atoms with Crippen LogP contribution in [0, 0.1) is 11.8 Å². The van der Waals surface area contributed by atoms with Crippen molar-refractivity contribution in [1.82, 2.24) is 24.7 Å². The van der Waals surface area contributed by atoms with Gasteiger partial charge in [-0.2, -0.15) is 4.31 Å². The number of nitrogens with one attached hydrogen (secondary N) is 1. The lowest BCUT2D eigenvalue weighted by molar-refractivity contribution is 0.0705. The van der Waals surface area contributed by atoms with Crippen LogP contribution in [0.4, 0.5) is 5.95 Å². The topological polar surface area (TPSA) is 119 Å². The molecule has 1 saturated heterocycles.